The van der Waals surface area contributed by atoms with Crippen LogP contribution in [0.5, 0.6) is 0 Å². The van der Waals surface area contributed by atoms with E-state index in [0.717, 1.165) is 6.07 Å². The lowest BCUT2D eigenvalue weighted by Crippen LogP contribution is -2.34. The molecule has 3 rings (SSSR count). The molecule has 1 atom stereocenters. The van der Waals surface area contributed by atoms with Crippen LogP contribution in [0.4, 0.5) is 23.7 Å². The molecule has 120 valence electrons. The van der Waals surface area contributed by atoms with E-state index >= 15 is 0 Å². The maximum atomic E-state index is 13.6. The molecule has 1 fully saturated rings. The third kappa shape index (κ3) is 3.44. The van der Waals surface area contributed by atoms with Gasteiger partial charge in [0.15, 0.2) is 0 Å². The quantitative estimate of drug-likeness (QED) is 0.881. The smallest absolute Gasteiger partial charge is 0.308 e. The number of halogens is 3. The predicted octanol–water partition coefficient (Wildman–Crippen LogP) is 4.38. The molecule has 0 aromatic heterocycles. The highest BCUT2D eigenvalue weighted by Gasteiger charge is 2.31. The van der Waals surface area contributed by atoms with Gasteiger partial charge in [-0.3, -0.25) is 0 Å². The number of amides is 2. The Labute approximate surface area is 135 Å². The molecule has 0 aliphatic carbocycles. The molecule has 1 saturated heterocycles. The van der Waals surface area contributed by atoms with Crippen molar-refractivity contribution in [3.05, 3.63) is 65.5 Å². The number of thioether (sulfide) groups is 1. The van der Waals surface area contributed by atoms with Gasteiger partial charge >= 0.3 is 6.03 Å². The van der Waals surface area contributed by atoms with E-state index in [4.69, 9.17) is 0 Å². The summed E-state index contributed by atoms with van der Waals surface area (Å²) in [6.07, 6.45) is 0. The molecular weight excluding hydrogens is 325 g/mol. The second-order valence-corrected chi connectivity index (χ2v) is 6.21. The fourth-order valence-electron chi connectivity index (χ4n) is 2.39. The Morgan fingerprint density at radius 2 is 1.91 bits per heavy atom. The summed E-state index contributed by atoms with van der Waals surface area (Å²) < 4.78 is 39.9. The number of hydrogen-bond donors (Lipinski definition) is 1. The highest BCUT2D eigenvalue weighted by atomic mass is 32.2. The van der Waals surface area contributed by atoms with Crippen LogP contribution in [0.1, 0.15) is 10.9 Å². The van der Waals surface area contributed by atoms with E-state index in [1.54, 1.807) is 12.1 Å². The molecule has 1 heterocycles. The standard InChI is InChI=1S/C16H13F3N2OS/c17-11-3-1-2-10(8-11)15-21(6-7-23-15)16(22)20-14-5-4-12(18)9-13(14)19/h1-5,8-9,15H,6-7H2,(H,20,22)/t15-/m1/s1. The molecule has 0 spiro atoms. The molecule has 2 amide bonds. The average molecular weight is 338 g/mol. The summed E-state index contributed by atoms with van der Waals surface area (Å²) in [6, 6.07) is 8.48. The van der Waals surface area contributed by atoms with Gasteiger partial charge in [0.05, 0.1) is 5.69 Å². The summed E-state index contributed by atoms with van der Waals surface area (Å²) in [7, 11) is 0. The molecule has 3 nitrogen and oxygen atoms in total. The summed E-state index contributed by atoms with van der Waals surface area (Å²) in [5, 5.41) is 2.09. The Bertz CT molecular complexity index is 741. The van der Waals surface area contributed by atoms with Gasteiger partial charge in [-0.25, -0.2) is 18.0 Å². The second kappa shape index (κ2) is 6.54. The van der Waals surface area contributed by atoms with Crippen molar-refractivity contribution >= 4 is 23.5 Å². The van der Waals surface area contributed by atoms with Crippen LogP contribution in [-0.2, 0) is 0 Å². The van der Waals surface area contributed by atoms with Gasteiger partial charge in [0, 0.05) is 18.4 Å². The Morgan fingerprint density at radius 3 is 2.65 bits per heavy atom. The van der Waals surface area contributed by atoms with Crippen molar-refractivity contribution in [1.29, 1.82) is 0 Å². The first kappa shape index (κ1) is 15.7. The lowest BCUT2D eigenvalue weighted by Gasteiger charge is -2.24. The monoisotopic (exact) mass is 338 g/mol. The van der Waals surface area contributed by atoms with Crippen molar-refractivity contribution in [3.63, 3.8) is 0 Å². The van der Waals surface area contributed by atoms with Crippen molar-refractivity contribution in [2.75, 3.05) is 17.6 Å². The van der Waals surface area contributed by atoms with Gasteiger partial charge in [-0.15, -0.1) is 11.8 Å². The zero-order valence-corrected chi connectivity index (χ0v) is 12.7. The lowest BCUT2D eigenvalue weighted by atomic mass is 10.2. The highest BCUT2D eigenvalue weighted by molar-refractivity contribution is 7.99. The van der Waals surface area contributed by atoms with Crippen molar-refractivity contribution < 1.29 is 18.0 Å². The normalized spacial score (nSPS) is 17.3. The van der Waals surface area contributed by atoms with Crippen LogP contribution in [-0.4, -0.2) is 23.2 Å². The molecule has 7 heteroatoms. The first-order valence-corrected chi connectivity index (χ1v) is 7.99. The van der Waals surface area contributed by atoms with E-state index in [-0.39, 0.29) is 16.9 Å². The number of carbonyl (C=O) groups excluding carboxylic acids is 1. The van der Waals surface area contributed by atoms with Gasteiger partial charge in [-0.05, 0) is 29.8 Å². The Balaban J connectivity index is 1.78. The van der Waals surface area contributed by atoms with Crippen LogP contribution in [0.15, 0.2) is 42.5 Å². The van der Waals surface area contributed by atoms with Gasteiger partial charge in [-0.2, -0.15) is 0 Å². The maximum Gasteiger partial charge on any atom is 0.323 e. The van der Waals surface area contributed by atoms with E-state index in [0.29, 0.717) is 23.9 Å². The molecule has 23 heavy (non-hydrogen) atoms. The second-order valence-electron chi connectivity index (χ2n) is 5.03. The highest BCUT2D eigenvalue weighted by Crippen LogP contribution is 2.38. The molecule has 0 saturated carbocycles. The SMILES string of the molecule is O=C(Nc1ccc(F)cc1F)N1CCS[C@@H]1c1cccc(F)c1. The summed E-state index contributed by atoms with van der Waals surface area (Å²) >= 11 is 1.50. The fourth-order valence-corrected chi connectivity index (χ4v) is 3.64. The molecule has 0 bridgehead atoms. The van der Waals surface area contributed by atoms with Crippen LogP contribution in [0, 0.1) is 17.5 Å². The number of carbonyl (C=O) groups is 1. The summed E-state index contributed by atoms with van der Waals surface area (Å²) in [4.78, 5) is 13.9. The fraction of sp³-hybridized carbons (Fsp3) is 0.188. The summed E-state index contributed by atoms with van der Waals surface area (Å²) in [5.74, 6) is -1.23. The van der Waals surface area contributed by atoms with Crippen LogP contribution in [0.3, 0.4) is 0 Å². The van der Waals surface area contributed by atoms with Crippen molar-refractivity contribution in [1.82, 2.24) is 4.90 Å². The van der Waals surface area contributed by atoms with Crippen LogP contribution >= 0.6 is 11.8 Å². The van der Waals surface area contributed by atoms with Gasteiger partial charge in [0.1, 0.15) is 22.8 Å². The Kier molecular flexibility index (Phi) is 4.47. The third-order valence-electron chi connectivity index (χ3n) is 3.46. The minimum absolute atomic E-state index is 0.0914. The Morgan fingerprint density at radius 1 is 1.13 bits per heavy atom. The first-order chi connectivity index (χ1) is 11.0. The van der Waals surface area contributed by atoms with E-state index < -0.39 is 17.7 Å². The van der Waals surface area contributed by atoms with Gasteiger partial charge in [-0.1, -0.05) is 12.1 Å². The average Bonchev–Trinajstić information content (AvgIpc) is 2.99. The number of benzene rings is 2. The molecule has 1 aliphatic heterocycles. The number of hydrogen-bond acceptors (Lipinski definition) is 2. The topological polar surface area (TPSA) is 32.3 Å². The minimum Gasteiger partial charge on any atom is -0.308 e. The molecule has 1 N–H and O–H groups in total. The molecule has 2 aromatic rings. The van der Waals surface area contributed by atoms with E-state index in [9.17, 15) is 18.0 Å². The molecular formula is C16H13F3N2OS. The van der Waals surface area contributed by atoms with Crippen molar-refractivity contribution in [3.8, 4) is 0 Å². The summed E-state index contributed by atoms with van der Waals surface area (Å²) in [6.45, 7) is 0.459. The zero-order valence-electron chi connectivity index (χ0n) is 11.9. The Hall–Kier alpha value is -2.15. The lowest BCUT2D eigenvalue weighted by molar-refractivity contribution is 0.214. The van der Waals surface area contributed by atoms with Crippen LogP contribution in [0.2, 0.25) is 0 Å². The van der Waals surface area contributed by atoms with Gasteiger partial charge in [0.2, 0.25) is 0 Å². The number of anilines is 1. The van der Waals surface area contributed by atoms with Gasteiger partial charge < -0.3 is 10.2 Å². The molecule has 0 unspecified atom stereocenters. The number of nitrogens with zero attached hydrogens (tertiary/aromatic N) is 1. The van der Waals surface area contributed by atoms with E-state index in [2.05, 4.69) is 5.32 Å². The van der Waals surface area contributed by atoms with Crippen LogP contribution in [0.25, 0.3) is 0 Å². The maximum absolute atomic E-state index is 13.6. The largest absolute Gasteiger partial charge is 0.323 e. The summed E-state index contributed by atoms with van der Waals surface area (Å²) in [5.41, 5.74) is 0.577. The predicted molar refractivity (Wildman–Crippen MR) is 83.7 cm³/mol. The van der Waals surface area contributed by atoms with E-state index in [1.807, 2.05) is 0 Å². The first-order valence-electron chi connectivity index (χ1n) is 6.94. The van der Waals surface area contributed by atoms with E-state index in [1.165, 1.54) is 34.9 Å². The van der Waals surface area contributed by atoms with Crippen molar-refractivity contribution in [2.24, 2.45) is 0 Å². The molecule has 0 radical (unpaired) electrons. The molecule has 1 aliphatic rings. The minimum atomic E-state index is -0.840. The number of urea groups is 1. The van der Waals surface area contributed by atoms with Crippen molar-refractivity contribution in [2.45, 2.75) is 5.37 Å². The third-order valence-corrected chi connectivity index (χ3v) is 4.72. The zero-order chi connectivity index (χ0) is 16.4. The molecule has 2 aromatic carbocycles. The van der Waals surface area contributed by atoms with Gasteiger partial charge in [0.25, 0.3) is 0 Å². The number of nitrogens with one attached hydrogen (secondary N) is 1. The number of rotatable bonds is 2. The van der Waals surface area contributed by atoms with Crippen LogP contribution < -0.4 is 5.32 Å².